The Hall–Kier alpha value is -0.770. The first-order chi connectivity index (χ1) is 5.86. The predicted molar refractivity (Wildman–Crippen MR) is 49.9 cm³/mol. The van der Waals surface area contributed by atoms with Crippen LogP contribution in [0.1, 0.15) is 12.8 Å². The third kappa shape index (κ3) is 1.88. The number of thioether (sulfide) groups is 1. The molecule has 2 N–H and O–H groups in total. The lowest BCUT2D eigenvalue weighted by molar-refractivity contribution is 0.989. The molecule has 4 heteroatoms. The van der Waals surface area contributed by atoms with Crippen molar-refractivity contribution in [2.45, 2.75) is 17.9 Å². The second-order valence-electron chi connectivity index (χ2n) is 3.00. The van der Waals surface area contributed by atoms with Gasteiger partial charge in [0.2, 0.25) is 0 Å². The van der Waals surface area contributed by atoms with Gasteiger partial charge < -0.3 is 5.73 Å². The summed E-state index contributed by atoms with van der Waals surface area (Å²) >= 11 is 1.72. The smallest absolute Gasteiger partial charge is 0.156 e. The maximum atomic E-state index is 5.63. The first kappa shape index (κ1) is 7.86. The van der Waals surface area contributed by atoms with Crippen molar-refractivity contribution >= 4 is 17.6 Å². The Morgan fingerprint density at radius 2 is 2.17 bits per heavy atom. The Kier molecular flexibility index (Phi) is 2.17. The fourth-order valence-corrected chi connectivity index (χ4v) is 1.99. The monoisotopic (exact) mass is 181 g/mol. The Labute approximate surface area is 75.8 Å². The third-order valence-corrected chi connectivity index (χ3v) is 3.07. The first-order valence-electron chi connectivity index (χ1n) is 4.05. The molecule has 1 heterocycles. The molecule has 2 rings (SSSR count). The molecule has 0 radical (unpaired) electrons. The van der Waals surface area contributed by atoms with Crippen LogP contribution in [0.15, 0.2) is 17.4 Å². The van der Waals surface area contributed by atoms with Crippen molar-refractivity contribution in [1.29, 1.82) is 0 Å². The molecule has 0 amide bonds. The molecule has 1 saturated carbocycles. The predicted octanol–water partition coefficient (Wildman–Crippen LogP) is 1.56. The molecule has 0 aliphatic heterocycles. The summed E-state index contributed by atoms with van der Waals surface area (Å²) in [6.07, 6.45) is 6.04. The molecule has 1 fully saturated rings. The number of nitrogen functional groups attached to an aromatic ring is 1. The van der Waals surface area contributed by atoms with E-state index in [1.54, 1.807) is 24.2 Å². The zero-order valence-electron chi connectivity index (χ0n) is 6.73. The van der Waals surface area contributed by atoms with E-state index in [9.17, 15) is 0 Å². The van der Waals surface area contributed by atoms with E-state index in [1.165, 1.54) is 12.8 Å². The minimum absolute atomic E-state index is 0.558. The van der Waals surface area contributed by atoms with E-state index >= 15 is 0 Å². The number of nitrogens with zero attached hydrogens (tertiary/aromatic N) is 2. The average Bonchev–Trinajstić information content (AvgIpc) is 2.86. The summed E-state index contributed by atoms with van der Waals surface area (Å²) in [7, 11) is 0. The van der Waals surface area contributed by atoms with Crippen molar-refractivity contribution in [2.24, 2.45) is 5.92 Å². The van der Waals surface area contributed by atoms with Gasteiger partial charge in [-0.05, 0) is 18.8 Å². The first-order valence-corrected chi connectivity index (χ1v) is 5.04. The minimum Gasteiger partial charge on any atom is -0.381 e. The number of hydrogen-bond donors (Lipinski definition) is 1. The van der Waals surface area contributed by atoms with Crippen LogP contribution in [-0.4, -0.2) is 15.7 Å². The van der Waals surface area contributed by atoms with E-state index in [-0.39, 0.29) is 0 Å². The van der Waals surface area contributed by atoms with Crippen LogP contribution in [-0.2, 0) is 0 Å². The van der Waals surface area contributed by atoms with E-state index in [0.717, 1.165) is 16.7 Å². The highest BCUT2D eigenvalue weighted by Gasteiger charge is 2.21. The van der Waals surface area contributed by atoms with Gasteiger partial charge in [0.25, 0.3) is 0 Å². The summed E-state index contributed by atoms with van der Waals surface area (Å²) in [6, 6.07) is 0. The zero-order chi connectivity index (χ0) is 8.39. The van der Waals surface area contributed by atoms with Crippen LogP contribution >= 0.6 is 11.8 Å². The maximum absolute atomic E-state index is 5.63. The van der Waals surface area contributed by atoms with Crippen LogP contribution in [0.2, 0.25) is 0 Å². The molecule has 0 saturated heterocycles. The van der Waals surface area contributed by atoms with Crippen LogP contribution in [0, 0.1) is 5.92 Å². The maximum Gasteiger partial charge on any atom is 0.156 e. The van der Waals surface area contributed by atoms with Crippen molar-refractivity contribution in [3.05, 3.63) is 12.4 Å². The lowest BCUT2D eigenvalue weighted by Gasteiger charge is -2.00. The summed E-state index contributed by atoms with van der Waals surface area (Å²) in [5.41, 5.74) is 5.63. The van der Waals surface area contributed by atoms with Crippen molar-refractivity contribution in [3.63, 3.8) is 0 Å². The van der Waals surface area contributed by atoms with Crippen LogP contribution < -0.4 is 5.73 Å². The summed E-state index contributed by atoms with van der Waals surface area (Å²) in [5, 5.41) is 0.879. The quantitative estimate of drug-likeness (QED) is 0.719. The van der Waals surface area contributed by atoms with Gasteiger partial charge in [-0.25, -0.2) is 9.97 Å². The molecule has 0 bridgehead atoms. The molecule has 0 unspecified atom stereocenters. The van der Waals surface area contributed by atoms with Crippen molar-refractivity contribution in [1.82, 2.24) is 9.97 Å². The molecule has 12 heavy (non-hydrogen) atoms. The molecule has 0 spiro atoms. The van der Waals surface area contributed by atoms with Gasteiger partial charge in [0, 0.05) is 18.1 Å². The van der Waals surface area contributed by atoms with Gasteiger partial charge in [-0.2, -0.15) is 0 Å². The Morgan fingerprint density at radius 1 is 1.42 bits per heavy atom. The summed E-state index contributed by atoms with van der Waals surface area (Å²) < 4.78 is 0. The largest absolute Gasteiger partial charge is 0.381 e. The highest BCUT2D eigenvalue weighted by Crippen LogP contribution is 2.35. The SMILES string of the molecule is Nc1nccnc1SCC1CC1. The zero-order valence-corrected chi connectivity index (χ0v) is 7.55. The van der Waals surface area contributed by atoms with E-state index in [4.69, 9.17) is 5.73 Å². The van der Waals surface area contributed by atoms with Crippen molar-refractivity contribution < 1.29 is 0 Å². The molecule has 0 aromatic carbocycles. The van der Waals surface area contributed by atoms with Gasteiger partial charge in [0.05, 0.1) is 0 Å². The Balaban J connectivity index is 1.96. The molecule has 1 aliphatic carbocycles. The fourth-order valence-electron chi connectivity index (χ4n) is 0.929. The van der Waals surface area contributed by atoms with Crippen LogP contribution in [0.25, 0.3) is 0 Å². The second-order valence-corrected chi connectivity index (χ2v) is 4.01. The summed E-state index contributed by atoms with van der Waals surface area (Å²) in [4.78, 5) is 8.13. The van der Waals surface area contributed by atoms with Gasteiger partial charge in [0.1, 0.15) is 5.03 Å². The molecule has 1 aliphatic rings. The van der Waals surface area contributed by atoms with Gasteiger partial charge in [-0.3, -0.25) is 0 Å². The number of aromatic nitrogens is 2. The van der Waals surface area contributed by atoms with Gasteiger partial charge >= 0.3 is 0 Å². The lowest BCUT2D eigenvalue weighted by Crippen LogP contribution is -1.95. The van der Waals surface area contributed by atoms with Gasteiger partial charge in [-0.15, -0.1) is 11.8 Å². The standard InChI is InChI=1S/C8H11N3S/c9-7-8(11-4-3-10-7)12-5-6-1-2-6/h3-4,6H,1-2,5H2,(H2,9,10). The molecule has 0 atom stereocenters. The Morgan fingerprint density at radius 3 is 2.83 bits per heavy atom. The van der Waals surface area contributed by atoms with E-state index in [0.29, 0.717) is 5.82 Å². The number of rotatable bonds is 3. The molecule has 64 valence electrons. The average molecular weight is 181 g/mol. The van der Waals surface area contributed by atoms with Crippen LogP contribution in [0.4, 0.5) is 5.82 Å². The van der Waals surface area contributed by atoms with E-state index in [2.05, 4.69) is 9.97 Å². The molecular formula is C8H11N3S. The van der Waals surface area contributed by atoms with E-state index in [1.807, 2.05) is 0 Å². The van der Waals surface area contributed by atoms with E-state index < -0.39 is 0 Å². The molecular weight excluding hydrogens is 170 g/mol. The summed E-state index contributed by atoms with van der Waals surface area (Å²) in [5.74, 6) is 2.60. The summed E-state index contributed by atoms with van der Waals surface area (Å²) in [6.45, 7) is 0. The topological polar surface area (TPSA) is 51.8 Å². The normalized spacial score (nSPS) is 16.3. The molecule has 3 nitrogen and oxygen atoms in total. The van der Waals surface area contributed by atoms with Gasteiger partial charge in [-0.1, -0.05) is 0 Å². The third-order valence-electron chi connectivity index (χ3n) is 1.84. The van der Waals surface area contributed by atoms with Crippen LogP contribution in [0.5, 0.6) is 0 Å². The molecule has 1 aromatic heterocycles. The molecule has 1 aromatic rings. The number of hydrogen-bond acceptors (Lipinski definition) is 4. The number of anilines is 1. The minimum atomic E-state index is 0.558. The number of nitrogens with two attached hydrogens (primary N) is 1. The highest BCUT2D eigenvalue weighted by atomic mass is 32.2. The second kappa shape index (κ2) is 3.31. The van der Waals surface area contributed by atoms with Crippen molar-refractivity contribution in [3.8, 4) is 0 Å². The van der Waals surface area contributed by atoms with Gasteiger partial charge in [0.15, 0.2) is 5.82 Å². The lowest BCUT2D eigenvalue weighted by atomic mass is 10.5. The van der Waals surface area contributed by atoms with Crippen molar-refractivity contribution in [2.75, 3.05) is 11.5 Å². The fraction of sp³-hybridized carbons (Fsp3) is 0.500. The highest BCUT2D eigenvalue weighted by molar-refractivity contribution is 7.99. The Bertz CT molecular complexity index is 273. The van der Waals surface area contributed by atoms with Crippen LogP contribution in [0.3, 0.4) is 0 Å².